The molecule has 2 aromatic rings. The van der Waals surface area contributed by atoms with Crippen LogP contribution in [0.1, 0.15) is 5.56 Å². The van der Waals surface area contributed by atoms with E-state index in [4.69, 9.17) is 0 Å². The predicted molar refractivity (Wildman–Crippen MR) is 57.1 cm³/mol. The molecule has 1 aromatic carbocycles. The van der Waals surface area contributed by atoms with Crippen LogP contribution in [-0.2, 0) is 17.5 Å². The molecule has 0 saturated carbocycles. The van der Waals surface area contributed by atoms with Gasteiger partial charge in [-0.2, -0.15) is 13.2 Å². The van der Waals surface area contributed by atoms with E-state index in [1.165, 1.54) is 12.1 Å². The molecule has 0 bridgehead atoms. The smallest absolute Gasteiger partial charge is 0.301 e. The Balaban J connectivity index is 2.85. The number of nitrogens with zero attached hydrogens (tertiary/aromatic N) is 2. The van der Waals surface area contributed by atoms with Crippen LogP contribution in [0.15, 0.2) is 29.3 Å². The maximum atomic E-state index is 12.8. The van der Waals surface area contributed by atoms with Crippen LogP contribution in [-0.4, -0.2) is 15.8 Å². The lowest BCUT2D eigenvalue weighted by molar-refractivity contribution is -0.136. The highest BCUT2D eigenvalue weighted by Gasteiger charge is 2.33. The highest BCUT2D eigenvalue weighted by molar-refractivity contribution is 5.81. The van der Waals surface area contributed by atoms with Crippen LogP contribution < -0.4 is 5.56 Å². The predicted octanol–water partition coefficient (Wildman–Crippen LogP) is 1.61. The van der Waals surface area contributed by atoms with E-state index in [2.05, 4.69) is 4.98 Å². The summed E-state index contributed by atoms with van der Waals surface area (Å²) in [6.07, 6.45) is -3.16. The molecule has 1 aromatic heterocycles. The highest BCUT2D eigenvalue weighted by Crippen LogP contribution is 2.32. The van der Waals surface area contributed by atoms with Gasteiger partial charge in [0.25, 0.3) is 5.56 Å². The van der Waals surface area contributed by atoms with Gasteiger partial charge in [0, 0.05) is 0 Å². The molecular formula is C11H7F3N2O2. The molecule has 0 saturated heterocycles. The second-order valence-electron chi connectivity index (χ2n) is 3.57. The molecule has 0 fully saturated rings. The van der Waals surface area contributed by atoms with Crippen LogP contribution in [0.2, 0.25) is 0 Å². The van der Waals surface area contributed by atoms with Gasteiger partial charge in [0.2, 0.25) is 0 Å². The molecule has 0 aliphatic carbocycles. The van der Waals surface area contributed by atoms with E-state index < -0.39 is 22.7 Å². The Kier molecular flexibility index (Phi) is 2.90. The molecule has 0 atom stereocenters. The van der Waals surface area contributed by atoms with Gasteiger partial charge in [-0.15, -0.1) is 0 Å². The lowest BCUT2D eigenvalue weighted by atomic mass is 10.1. The number of alkyl halides is 3. The summed E-state index contributed by atoms with van der Waals surface area (Å²) in [6, 6.07) is 3.32. The number of aromatic nitrogens is 2. The maximum Gasteiger partial charge on any atom is 0.417 e. The van der Waals surface area contributed by atoms with E-state index in [0.717, 1.165) is 17.0 Å². The first-order valence-electron chi connectivity index (χ1n) is 4.94. The lowest BCUT2D eigenvalue weighted by Gasteiger charge is -2.10. The van der Waals surface area contributed by atoms with Crippen molar-refractivity contribution in [2.75, 3.05) is 0 Å². The number of fused-ring (bicyclic) bond motifs is 1. The fourth-order valence-electron chi connectivity index (χ4n) is 1.65. The number of rotatable bonds is 2. The van der Waals surface area contributed by atoms with E-state index >= 15 is 0 Å². The molecule has 0 unspecified atom stereocenters. The summed E-state index contributed by atoms with van der Waals surface area (Å²) in [7, 11) is 0. The van der Waals surface area contributed by atoms with E-state index in [1.807, 2.05) is 0 Å². The summed E-state index contributed by atoms with van der Waals surface area (Å²) in [5.41, 5.74) is -1.96. The molecule has 0 amide bonds. The summed E-state index contributed by atoms with van der Waals surface area (Å²) in [5, 5.41) is -0.519. The number of carbonyl (C=O) groups excluding carboxylic acids is 1. The normalized spacial score (nSPS) is 11.7. The van der Waals surface area contributed by atoms with Crippen molar-refractivity contribution in [2.24, 2.45) is 0 Å². The minimum atomic E-state index is -4.64. The van der Waals surface area contributed by atoms with Gasteiger partial charge in [-0.3, -0.25) is 9.36 Å². The third-order valence-corrected chi connectivity index (χ3v) is 2.43. The Bertz CT molecular complexity index is 661. The third-order valence-electron chi connectivity index (χ3n) is 2.43. The Hall–Kier alpha value is -2.18. The Morgan fingerprint density at radius 2 is 2.06 bits per heavy atom. The van der Waals surface area contributed by atoms with Gasteiger partial charge in [0.1, 0.15) is 6.29 Å². The molecule has 0 N–H and O–H groups in total. The number of hydrogen-bond acceptors (Lipinski definition) is 3. The van der Waals surface area contributed by atoms with Crippen molar-refractivity contribution in [3.8, 4) is 0 Å². The molecule has 0 radical (unpaired) electrons. The molecule has 18 heavy (non-hydrogen) atoms. The molecule has 2 rings (SSSR count). The first-order valence-corrected chi connectivity index (χ1v) is 4.94. The first kappa shape index (κ1) is 12.3. The van der Waals surface area contributed by atoms with Crippen LogP contribution in [0.3, 0.4) is 0 Å². The maximum absolute atomic E-state index is 12.8. The number of carbonyl (C=O) groups is 1. The highest BCUT2D eigenvalue weighted by atomic mass is 19.4. The topological polar surface area (TPSA) is 52.0 Å². The third kappa shape index (κ3) is 1.99. The van der Waals surface area contributed by atoms with Crippen molar-refractivity contribution in [3.05, 3.63) is 40.4 Å². The molecule has 0 aliphatic heterocycles. The molecule has 4 nitrogen and oxygen atoms in total. The minimum Gasteiger partial charge on any atom is -0.301 e. The summed E-state index contributed by atoms with van der Waals surface area (Å²) in [4.78, 5) is 25.9. The van der Waals surface area contributed by atoms with Crippen molar-refractivity contribution in [3.63, 3.8) is 0 Å². The zero-order valence-electron chi connectivity index (χ0n) is 8.94. The van der Waals surface area contributed by atoms with Crippen molar-refractivity contribution in [1.82, 2.24) is 9.55 Å². The fraction of sp³-hybridized carbons (Fsp3) is 0.182. The largest absolute Gasteiger partial charge is 0.417 e. The monoisotopic (exact) mass is 256 g/mol. The van der Waals surface area contributed by atoms with Crippen molar-refractivity contribution in [2.45, 2.75) is 12.7 Å². The van der Waals surface area contributed by atoms with Crippen molar-refractivity contribution < 1.29 is 18.0 Å². The number of aldehydes is 1. The van der Waals surface area contributed by atoms with Gasteiger partial charge in [-0.1, -0.05) is 6.07 Å². The lowest BCUT2D eigenvalue weighted by Crippen LogP contribution is -2.23. The van der Waals surface area contributed by atoms with E-state index in [0.29, 0.717) is 6.29 Å². The Morgan fingerprint density at radius 1 is 1.33 bits per heavy atom. The van der Waals surface area contributed by atoms with Crippen LogP contribution in [0, 0.1) is 0 Å². The number of hydrogen-bond donors (Lipinski definition) is 0. The Labute approximate surface area is 98.7 Å². The summed E-state index contributed by atoms with van der Waals surface area (Å²) < 4.78 is 39.1. The van der Waals surface area contributed by atoms with E-state index in [-0.39, 0.29) is 12.1 Å². The quantitative estimate of drug-likeness (QED) is 0.767. The summed E-state index contributed by atoms with van der Waals surface area (Å²) in [6.45, 7) is -0.325. The zero-order chi connectivity index (χ0) is 13.3. The molecular weight excluding hydrogens is 249 g/mol. The number of halogens is 3. The molecule has 0 aliphatic rings. The second kappa shape index (κ2) is 4.25. The molecule has 1 heterocycles. The SMILES string of the molecule is O=CCn1cnc2cccc(C(F)(F)F)c2c1=O. The van der Waals surface area contributed by atoms with E-state index in [1.54, 1.807) is 0 Å². The van der Waals surface area contributed by atoms with Gasteiger partial charge in [0.15, 0.2) is 0 Å². The van der Waals surface area contributed by atoms with E-state index in [9.17, 15) is 22.8 Å². The van der Waals surface area contributed by atoms with Crippen molar-refractivity contribution >= 4 is 17.2 Å². The second-order valence-corrected chi connectivity index (χ2v) is 3.57. The average molecular weight is 256 g/mol. The van der Waals surface area contributed by atoms with Gasteiger partial charge in [-0.05, 0) is 12.1 Å². The number of benzene rings is 1. The van der Waals surface area contributed by atoms with Gasteiger partial charge >= 0.3 is 6.18 Å². The van der Waals surface area contributed by atoms with Crippen LogP contribution >= 0.6 is 0 Å². The Morgan fingerprint density at radius 3 is 2.67 bits per heavy atom. The van der Waals surface area contributed by atoms with Gasteiger partial charge < -0.3 is 4.79 Å². The summed E-state index contributed by atoms with van der Waals surface area (Å²) in [5.74, 6) is 0. The van der Waals surface area contributed by atoms with Crippen LogP contribution in [0.4, 0.5) is 13.2 Å². The molecule has 0 spiro atoms. The van der Waals surface area contributed by atoms with Gasteiger partial charge in [-0.25, -0.2) is 4.98 Å². The zero-order valence-corrected chi connectivity index (χ0v) is 8.94. The van der Waals surface area contributed by atoms with Crippen LogP contribution in [0.25, 0.3) is 10.9 Å². The minimum absolute atomic E-state index is 0.0445. The first-order chi connectivity index (χ1) is 8.45. The van der Waals surface area contributed by atoms with Crippen molar-refractivity contribution in [1.29, 1.82) is 0 Å². The van der Waals surface area contributed by atoms with Gasteiger partial charge in [0.05, 0.1) is 29.3 Å². The fourth-order valence-corrected chi connectivity index (χ4v) is 1.65. The molecule has 7 heteroatoms. The standard InChI is InChI=1S/C11H7F3N2O2/c12-11(13,14)7-2-1-3-8-9(7)10(18)16(4-5-17)6-15-8/h1-3,5-6H,4H2. The molecule has 94 valence electrons. The average Bonchev–Trinajstić information content (AvgIpc) is 2.31. The summed E-state index contributed by atoms with van der Waals surface area (Å²) >= 11 is 0. The van der Waals surface area contributed by atoms with Crippen LogP contribution in [0.5, 0.6) is 0 Å².